The van der Waals surface area contributed by atoms with Crippen molar-refractivity contribution in [1.29, 1.82) is 5.26 Å². The quantitative estimate of drug-likeness (QED) is 0.843. The molecular formula is C12H17N3O. The minimum Gasteiger partial charge on any atom is -0.474 e. The van der Waals surface area contributed by atoms with Crippen molar-refractivity contribution in [3.05, 3.63) is 17.8 Å². The summed E-state index contributed by atoms with van der Waals surface area (Å²) in [6.07, 6.45) is 2.47. The first-order chi connectivity index (χ1) is 7.52. The van der Waals surface area contributed by atoms with Crippen molar-refractivity contribution in [1.82, 2.24) is 4.98 Å². The van der Waals surface area contributed by atoms with E-state index in [-0.39, 0.29) is 6.10 Å². The summed E-state index contributed by atoms with van der Waals surface area (Å²) in [5.41, 5.74) is 6.40. The van der Waals surface area contributed by atoms with Gasteiger partial charge in [-0.25, -0.2) is 4.98 Å². The Bertz CT molecular complexity index is 396. The lowest BCUT2D eigenvalue weighted by Crippen LogP contribution is -2.16. The van der Waals surface area contributed by atoms with Crippen molar-refractivity contribution in [2.45, 2.75) is 33.3 Å². The van der Waals surface area contributed by atoms with Gasteiger partial charge in [0.1, 0.15) is 11.6 Å². The molecule has 0 bridgehead atoms. The van der Waals surface area contributed by atoms with Gasteiger partial charge >= 0.3 is 0 Å². The molecule has 1 aromatic rings. The Balaban J connectivity index is 2.77. The van der Waals surface area contributed by atoms with E-state index < -0.39 is 0 Å². The molecular weight excluding hydrogens is 202 g/mol. The molecule has 86 valence electrons. The second-order valence-corrected chi connectivity index (χ2v) is 4.29. The molecule has 0 saturated carbocycles. The maximum Gasteiger partial charge on any atom is 0.232 e. The average Bonchev–Trinajstić information content (AvgIpc) is 2.19. The maximum absolute atomic E-state index is 8.91. The van der Waals surface area contributed by atoms with Gasteiger partial charge in [-0.05, 0) is 25.3 Å². The minimum atomic E-state index is 0.0447. The Labute approximate surface area is 96.1 Å². The zero-order chi connectivity index (χ0) is 12.1. The Kier molecular flexibility index (Phi) is 4.12. The van der Waals surface area contributed by atoms with E-state index in [0.717, 1.165) is 6.42 Å². The summed E-state index contributed by atoms with van der Waals surface area (Å²) in [5.74, 6) is 0.916. The van der Waals surface area contributed by atoms with Gasteiger partial charge in [0.05, 0.1) is 18.0 Å². The van der Waals surface area contributed by atoms with Crippen molar-refractivity contribution < 1.29 is 4.74 Å². The van der Waals surface area contributed by atoms with Gasteiger partial charge in [0.25, 0.3) is 0 Å². The predicted octanol–water partition coefficient (Wildman–Crippen LogP) is 2.35. The molecule has 0 saturated heterocycles. The lowest BCUT2D eigenvalue weighted by atomic mass is 10.1. The van der Waals surface area contributed by atoms with Crippen LogP contribution in [-0.4, -0.2) is 11.1 Å². The number of anilines is 1. The SMILES string of the molecule is CC(C)CC(C)Oc1ncc(N)cc1C#N. The number of nitrogen functional groups attached to an aromatic ring is 1. The first-order valence-electron chi connectivity index (χ1n) is 5.35. The molecule has 0 aliphatic carbocycles. The third-order valence-electron chi connectivity index (χ3n) is 2.11. The summed E-state index contributed by atoms with van der Waals surface area (Å²) in [5, 5.41) is 8.91. The number of nitriles is 1. The number of hydrogen-bond acceptors (Lipinski definition) is 4. The van der Waals surface area contributed by atoms with E-state index in [2.05, 4.69) is 18.8 Å². The van der Waals surface area contributed by atoms with Crippen molar-refractivity contribution in [2.75, 3.05) is 5.73 Å². The summed E-state index contributed by atoms with van der Waals surface area (Å²) in [6, 6.07) is 3.60. The van der Waals surface area contributed by atoms with E-state index in [1.165, 1.54) is 6.20 Å². The highest BCUT2D eigenvalue weighted by atomic mass is 16.5. The average molecular weight is 219 g/mol. The van der Waals surface area contributed by atoms with Crippen LogP contribution in [0.15, 0.2) is 12.3 Å². The fourth-order valence-corrected chi connectivity index (χ4v) is 1.54. The van der Waals surface area contributed by atoms with Gasteiger partial charge in [-0.15, -0.1) is 0 Å². The van der Waals surface area contributed by atoms with Gasteiger partial charge in [-0.3, -0.25) is 0 Å². The fraction of sp³-hybridized carbons (Fsp3) is 0.500. The second-order valence-electron chi connectivity index (χ2n) is 4.29. The Morgan fingerprint density at radius 2 is 2.19 bits per heavy atom. The first kappa shape index (κ1) is 12.3. The first-order valence-corrected chi connectivity index (χ1v) is 5.35. The molecule has 0 spiro atoms. The van der Waals surface area contributed by atoms with Gasteiger partial charge in [0.2, 0.25) is 5.88 Å². The van der Waals surface area contributed by atoms with Gasteiger partial charge in [0.15, 0.2) is 0 Å². The molecule has 1 atom stereocenters. The summed E-state index contributed by atoms with van der Waals surface area (Å²) < 4.78 is 5.61. The zero-order valence-electron chi connectivity index (χ0n) is 9.90. The molecule has 4 heteroatoms. The van der Waals surface area contributed by atoms with Gasteiger partial charge in [0, 0.05) is 0 Å². The molecule has 16 heavy (non-hydrogen) atoms. The standard InChI is InChI=1S/C12H17N3O/c1-8(2)4-9(3)16-12-10(6-13)5-11(14)7-15-12/h5,7-9H,4,14H2,1-3H3. The van der Waals surface area contributed by atoms with Crippen molar-refractivity contribution in [2.24, 2.45) is 5.92 Å². The van der Waals surface area contributed by atoms with Crippen LogP contribution in [0, 0.1) is 17.2 Å². The van der Waals surface area contributed by atoms with Crippen LogP contribution >= 0.6 is 0 Å². The Hall–Kier alpha value is -1.76. The number of aromatic nitrogens is 1. The lowest BCUT2D eigenvalue weighted by molar-refractivity contribution is 0.185. The van der Waals surface area contributed by atoms with Crippen LogP contribution in [0.1, 0.15) is 32.8 Å². The molecule has 1 heterocycles. The molecule has 1 unspecified atom stereocenters. The predicted molar refractivity (Wildman–Crippen MR) is 62.9 cm³/mol. The highest BCUT2D eigenvalue weighted by Gasteiger charge is 2.11. The van der Waals surface area contributed by atoms with Crippen LogP contribution in [-0.2, 0) is 0 Å². The van der Waals surface area contributed by atoms with E-state index in [1.54, 1.807) is 6.07 Å². The molecule has 0 radical (unpaired) electrons. The fourth-order valence-electron chi connectivity index (χ4n) is 1.54. The maximum atomic E-state index is 8.91. The topological polar surface area (TPSA) is 71.9 Å². The van der Waals surface area contributed by atoms with Crippen LogP contribution in [0.2, 0.25) is 0 Å². The normalized spacial score (nSPS) is 12.2. The third kappa shape index (κ3) is 3.43. The molecule has 0 aromatic carbocycles. The summed E-state index contributed by atoms with van der Waals surface area (Å²) in [4.78, 5) is 4.03. The molecule has 2 N–H and O–H groups in total. The molecule has 0 amide bonds. The monoisotopic (exact) mass is 219 g/mol. The van der Waals surface area contributed by atoms with E-state index in [4.69, 9.17) is 15.7 Å². The number of pyridine rings is 1. The Morgan fingerprint density at radius 1 is 1.50 bits per heavy atom. The lowest BCUT2D eigenvalue weighted by Gasteiger charge is -2.16. The molecule has 0 aliphatic rings. The van der Waals surface area contributed by atoms with Crippen LogP contribution in [0.4, 0.5) is 5.69 Å². The van der Waals surface area contributed by atoms with Gasteiger partial charge in [-0.2, -0.15) is 5.26 Å². The van der Waals surface area contributed by atoms with Crippen LogP contribution in [0.3, 0.4) is 0 Å². The van der Waals surface area contributed by atoms with Crippen LogP contribution in [0.25, 0.3) is 0 Å². The highest BCUT2D eigenvalue weighted by Crippen LogP contribution is 2.19. The number of nitrogens with two attached hydrogens (primary N) is 1. The molecule has 0 aliphatic heterocycles. The largest absolute Gasteiger partial charge is 0.474 e. The molecule has 4 nitrogen and oxygen atoms in total. The number of nitrogens with zero attached hydrogens (tertiary/aromatic N) is 2. The number of ether oxygens (including phenoxy) is 1. The number of hydrogen-bond donors (Lipinski definition) is 1. The zero-order valence-corrected chi connectivity index (χ0v) is 9.90. The number of rotatable bonds is 4. The third-order valence-corrected chi connectivity index (χ3v) is 2.11. The smallest absolute Gasteiger partial charge is 0.232 e. The van der Waals surface area contributed by atoms with Gasteiger partial charge < -0.3 is 10.5 Å². The van der Waals surface area contributed by atoms with Crippen LogP contribution < -0.4 is 10.5 Å². The van der Waals surface area contributed by atoms with Crippen LogP contribution in [0.5, 0.6) is 5.88 Å². The summed E-state index contributed by atoms with van der Waals surface area (Å²) >= 11 is 0. The van der Waals surface area contributed by atoms with Crippen molar-refractivity contribution >= 4 is 5.69 Å². The van der Waals surface area contributed by atoms with Gasteiger partial charge in [-0.1, -0.05) is 13.8 Å². The van der Waals surface area contributed by atoms with E-state index >= 15 is 0 Å². The van der Waals surface area contributed by atoms with E-state index in [1.807, 2.05) is 13.0 Å². The second kappa shape index (κ2) is 5.36. The summed E-state index contributed by atoms with van der Waals surface area (Å²) in [6.45, 7) is 6.22. The van der Waals surface area contributed by atoms with Crippen molar-refractivity contribution in [3.63, 3.8) is 0 Å². The van der Waals surface area contributed by atoms with E-state index in [0.29, 0.717) is 23.0 Å². The minimum absolute atomic E-state index is 0.0447. The Morgan fingerprint density at radius 3 is 2.75 bits per heavy atom. The highest BCUT2D eigenvalue weighted by molar-refractivity contribution is 5.48. The summed E-state index contributed by atoms with van der Waals surface area (Å²) in [7, 11) is 0. The van der Waals surface area contributed by atoms with E-state index in [9.17, 15) is 0 Å². The molecule has 1 aromatic heterocycles. The molecule has 1 rings (SSSR count). The van der Waals surface area contributed by atoms with Crippen molar-refractivity contribution in [3.8, 4) is 11.9 Å². The molecule has 0 fully saturated rings.